The maximum Gasteiger partial charge on any atom is 0.231 e. The maximum absolute atomic E-state index is 12.2. The highest BCUT2D eigenvalue weighted by atomic mass is 16.7. The van der Waals surface area contributed by atoms with E-state index in [0.717, 1.165) is 35.7 Å². The Bertz CT molecular complexity index is 835. The standard InChI is InChI=1S/C20H23N3O3/c1-13-15-4-2-3-5-16(15)23-19(22-13)8-9-21-20(24)11-14-6-7-17-18(10-14)26-12-25-17/h6-7,10H,2-5,8-9,11-12H2,1H3,(H,21,24). The number of fused-ring (bicyclic) bond motifs is 2. The van der Waals surface area contributed by atoms with Gasteiger partial charge in [0.1, 0.15) is 5.82 Å². The number of benzene rings is 1. The molecule has 26 heavy (non-hydrogen) atoms. The second-order valence-corrected chi connectivity index (χ2v) is 6.82. The first-order chi connectivity index (χ1) is 12.7. The number of ether oxygens (including phenoxy) is 2. The monoisotopic (exact) mass is 353 g/mol. The second kappa shape index (κ2) is 7.32. The molecule has 1 aromatic heterocycles. The van der Waals surface area contributed by atoms with Crippen molar-refractivity contribution < 1.29 is 14.3 Å². The van der Waals surface area contributed by atoms with Crippen molar-refractivity contribution in [2.24, 2.45) is 0 Å². The van der Waals surface area contributed by atoms with Crippen LogP contribution in [0.1, 0.15) is 41.2 Å². The Morgan fingerprint density at radius 2 is 2.00 bits per heavy atom. The van der Waals surface area contributed by atoms with Gasteiger partial charge in [-0.2, -0.15) is 0 Å². The number of nitrogens with one attached hydrogen (secondary N) is 1. The summed E-state index contributed by atoms with van der Waals surface area (Å²) in [4.78, 5) is 21.5. The average Bonchev–Trinajstić information content (AvgIpc) is 3.09. The van der Waals surface area contributed by atoms with Crippen molar-refractivity contribution >= 4 is 5.91 Å². The molecule has 0 saturated heterocycles. The summed E-state index contributed by atoms with van der Waals surface area (Å²) in [6, 6.07) is 5.59. The molecule has 0 saturated carbocycles. The highest BCUT2D eigenvalue weighted by Gasteiger charge is 2.16. The normalized spacial score (nSPS) is 14.8. The SMILES string of the molecule is Cc1nc(CCNC(=O)Cc2ccc3c(c2)OCO3)nc2c1CCCC2. The zero-order chi connectivity index (χ0) is 17.9. The third kappa shape index (κ3) is 3.64. The van der Waals surface area contributed by atoms with Crippen molar-refractivity contribution in [1.29, 1.82) is 0 Å². The number of rotatable bonds is 5. The van der Waals surface area contributed by atoms with E-state index in [1.165, 1.54) is 24.1 Å². The van der Waals surface area contributed by atoms with Gasteiger partial charge in [-0.25, -0.2) is 9.97 Å². The van der Waals surface area contributed by atoms with E-state index in [1.54, 1.807) is 0 Å². The van der Waals surface area contributed by atoms with Gasteiger partial charge in [0, 0.05) is 24.4 Å². The van der Waals surface area contributed by atoms with E-state index in [9.17, 15) is 4.79 Å². The average molecular weight is 353 g/mol. The van der Waals surface area contributed by atoms with E-state index in [1.807, 2.05) is 18.2 Å². The van der Waals surface area contributed by atoms with Crippen molar-refractivity contribution in [3.05, 3.63) is 46.5 Å². The fourth-order valence-electron chi connectivity index (χ4n) is 3.57. The van der Waals surface area contributed by atoms with Crippen LogP contribution in [-0.2, 0) is 30.5 Å². The lowest BCUT2D eigenvalue weighted by atomic mass is 9.95. The molecule has 1 N–H and O–H groups in total. The van der Waals surface area contributed by atoms with Crippen LogP contribution in [0.25, 0.3) is 0 Å². The number of carbonyl (C=O) groups is 1. The van der Waals surface area contributed by atoms with Crippen LogP contribution in [0.15, 0.2) is 18.2 Å². The smallest absolute Gasteiger partial charge is 0.231 e. The highest BCUT2D eigenvalue weighted by Crippen LogP contribution is 2.32. The Morgan fingerprint density at radius 1 is 1.15 bits per heavy atom. The number of nitrogens with zero attached hydrogens (tertiary/aromatic N) is 2. The Kier molecular flexibility index (Phi) is 4.73. The van der Waals surface area contributed by atoms with E-state index >= 15 is 0 Å². The zero-order valence-electron chi connectivity index (χ0n) is 15.0. The van der Waals surface area contributed by atoms with Gasteiger partial charge in [0.05, 0.1) is 6.42 Å². The lowest BCUT2D eigenvalue weighted by Crippen LogP contribution is -2.28. The van der Waals surface area contributed by atoms with Crippen molar-refractivity contribution in [1.82, 2.24) is 15.3 Å². The van der Waals surface area contributed by atoms with Gasteiger partial charge < -0.3 is 14.8 Å². The molecule has 1 amide bonds. The van der Waals surface area contributed by atoms with E-state index in [4.69, 9.17) is 14.5 Å². The van der Waals surface area contributed by atoms with Gasteiger partial charge in [-0.15, -0.1) is 0 Å². The largest absolute Gasteiger partial charge is 0.454 e. The summed E-state index contributed by atoms with van der Waals surface area (Å²) in [5.41, 5.74) is 4.53. The minimum absolute atomic E-state index is 0.0152. The fraction of sp³-hybridized carbons (Fsp3) is 0.450. The quantitative estimate of drug-likeness (QED) is 0.893. The van der Waals surface area contributed by atoms with Gasteiger partial charge in [-0.3, -0.25) is 4.79 Å². The molecule has 0 fully saturated rings. The molecule has 1 aliphatic heterocycles. The zero-order valence-corrected chi connectivity index (χ0v) is 15.0. The molecular weight excluding hydrogens is 330 g/mol. The first-order valence-corrected chi connectivity index (χ1v) is 9.19. The number of aryl methyl sites for hydroxylation is 2. The minimum Gasteiger partial charge on any atom is -0.454 e. The summed E-state index contributed by atoms with van der Waals surface area (Å²) in [7, 11) is 0. The van der Waals surface area contributed by atoms with E-state index < -0.39 is 0 Å². The summed E-state index contributed by atoms with van der Waals surface area (Å²) in [5.74, 6) is 2.24. The summed E-state index contributed by atoms with van der Waals surface area (Å²) < 4.78 is 10.6. The van der Waals surface area contributed by atoms with Crippen LogP contribution in [0.3, 0.4) is 0 Å². The second-order valence-electron chi connectivity index (χ2n) is 6.82. The first kappa shape index (κ1) is 16.8. The molecule has 1 aliphatic carbocycles. The molecule has 4 rings (SSSR count). The predicted molar refractivity (Wildman–Crippen MR) is 96.4 cm³/mol. The van der Waals surface area contributed by atoms with Crippen molar-refractivity contribution in [3.8, 4) is 11.5 Å². The number of carbonyl (C=O) groups excluding carboxylic acids is 1. The molecule has 0 atom stereocenters. The summed E-state index contributed by atoms with van der Waals surface area (Å²) in [6.45, 7) is 2.85. The summed E-state index contributed by atoms with van der Waals surface area (Å²) in [5, 5.41) is 2.96. The van der Waals surface area contributed by atoms with Gasteiger partial charge in [0.2, 0.25) is 12.7 Å². The van der Waals surface area contributed by atoms with Crippen molar-refractivity contribution in [2.75, 3.05) is 13.3 Å². The molecule has 2 aromatic rings. The number of aromatic nitrogens is 2. The molecular formula is C20H23N3O3. The summed E-state index contributed by atoms with van der Waals surface area (Å²) in [6.07, 6.45) is 5.54. The minimum atomic E-state index is -0.0152. The van der Waals surface area contributed by atoms with E-state index in [2.05, 4.69) is 17.2 Å². The number of hydrogen-bond acceptors (Lipinski definition) is 5. The third-order valence-corrected chi connectivity index (χ3v) is 4.91. The van der Waals surface area contributed by atoms with Crippen LogP contribution in [0.4, 0.5) is 0 Å². The lowest BCUT2D eigenvalue weighted by Gasteiger charge is -2.17. The Morgan fingerprint density at radius 3 is 2.92 bits per heavy atom. The molecule has 6 heteroatoms. The van der Waals surface area contributed by atoms with E-state index in [-0.39, 0.29) is 12.7 Å². The van der Waals surface area contributed by atoms with Gasteiger partial charge >= 0.3 is 0 Å². The Balaban J connectivity index is 1.30. The van der Waals surface area contributed by atoms with Crippen molar-refractivity contribution in [2.45, 2.75) is 45.4 Å². The first-order valence-electron chi connectivity index (χ1n) is 9.19. The number of hydrogen-bond donors (Lipinski definition) is 1. The van der Waals surface area contributed by atoms with Gasteiger partial charge in [-0.1, -0.05) is 6.07 Å². The molecule has 0 unspecified atom stereocenters. The predicted octanol–water partition coefficient (Wildman–Crippen LogP) is 2.29. The molecule has 136 valence electrons. The molecule has 0 spiro atoms. The Hall–Kier alpha value is -2.63. The topological polar surface area (TPSA) is 73.3 Å². The molecule has 6 nitrogen and oxygen atoms in total. The lowest BCUT2D eigenvalue weighted by molar-refractivity contribution is -0.120. The van der Waals surface area contributed by atoms with Crippen LogP contribution in [0.2, 0.25) is 0 Å². The fourth-order valence-corrected chi connectivity index (χ4v) is 3.57. The van der Waals surface area contributed by atoms with Crippen LogP contribution in [0.5, 0.6) is 11.5 Å². The molecule has 2 aliphatic rings. The Labute approximate surface area is 153 Å². The molecule has 0 radical (unpaired) electrons. The van der Waals surface area contributed by atoms with Gasteiger partial charge in [-0.05, 0) is 55.9 Å². The van der Waals surface area contributed by atoms with Crippen LogP contribution in [0, 0.1) is 6.92 Å². The van der Waals surface area contributed by atoms with Gasteiger partial charge in [0.15, 0.2) is 11.5 Å². The third-order valence-electron chi connectivity index (χ3n) is 4.91. The van der Waals surface area contributed by atoms with Crippen molar-refractivity contribution in [3.63, 3.8) is 0 Å². The molecule has 1 aromatic carbocycles. The highest BCUT2D eigenvalue weighted by molar-refractivity contribution is 5.78. The van der Waals surface area contributed by atoms with Crippen LogP contribution >= 0.6 is 0 Å². The van der Waals surface area contributed by atoms with E-state index in [0.29, 0.717) is 25.1 Å². The summed E-state index contributed by atoms with van der Waals surface area (Å²) >= 11 is 0. The van der Waals surface area contributed by atoms with Crippen LogP contribution in [-0.4, -0.2) is 29.2 Å². The number of amides is 1. The maximum atomic E-state index is 12.2. The molecule has 2 heterocycles. The van der Waals surface area contributed by atoms with Gasteiger partial charge in [0.25, 0.3) is 0 Å². The van der Waals surface area contributed by atoms with Crippen LogP contribution < -0.4 is 14.8 Å². The molecule has 0 bridgehead atoms.